The van der Waals surface area contributed by atoms with Crippen LogP contribution >= 0.6 is 0 Å². The minimum absolute atomic E-state index is 0.255. The van der Waals surface area contributed by atoms with E-state index < -0.39 is 0 Å². The molecule has 0 aromatic carbocycles. The second-order valence-electron chi connectivity index (χ2n) is 2.87. The zero-order valence-corrected chi connectivity index (χ0v) is 6.39. The van der Waals surface area contributed by atoms with Crippen molar-refractivity contribution in [2.75, 3.05) is 0 Å². The second-order valence-corrected chi connectivity index (χ2v) is 2.87. The molecule has 0 fully saturated rings. The Labute approximate surface area is 61.9 Å². The van der Waals surface area contributed by atoms with E-state index in [1.165, 1.54) is 5.57 Å². The number of hydrogen-bond acceptors (Lipinski definition) is 0. The highest BCUT2D eigenvalue weighted by Gasteiger charge is 2.31. The average molecular weight is 133 g/mol. The van der Waals surface area contributed by atoms with Crippen molar-refractivity contribution in [3.05, 3.63) is 35.2 Å². The van der Waals surface area contributed by atoms with Gasteiger partial charge in [-0.05, 0) is 6.92 Å². The summed E-state index contributed by atoms with van der Waals surface area (Å²) in [4.78, 5) is 3.59. The topological polar surface area (TPSA) is 4.36 Å². The maximum atomic E-state index is 6.97. The van der Waals surface area contributed by atoms with Gasteiger partial charge in [0.15, 0.2) is 0 Å². The van der Waals surface area contributed by atoms with Gasteiger partial charge in [0.05, 0.1) is 0 Å². The molecular weight excluding hydrogens is 122 g/mol. The van der Waals surface area contributed by atoms with Crippen molar-refractivity contribution in [3.63, 3.8) is 0 Å². The van der Waals surface area contributed by atoms with Crippen molar-refractivity contribution in [1.82, 2.24) is 0 Å². The van der Waals surface area contributed by atoms with Crippen LogP contribution in [0.3, 0.4) is 0 Å². The van der Waals surface area contributed by atoms with Crippen LogP contribution in [0.4, 0.5) is 0 Å². The first kappa shape index (κ1) is 7.08. The van der Waals surface area contributed by atoms with Gasteiger partial charge in [-0.25, -0.2) is 6.57 Å². The Kier molecular flexibility index (Phi) is 1.63. The van der Waals surface area contributed by atoms with Crippen LogP contribution in [0.25, 0.3) is 4.85 Å². The molecule has 10 heavy (non-hydrogen) atoms. The van der Waals surface area contributed by atoms with E-state index in [1.807, 2.05) is 32.1 Å². The Morgan fingerprint density at radius 3 is 2.80 bits per heavy atom. The highest BCUT2D eigenvalue weighted by molar-refractivity contribution is 5.31. The van der Waals surface area contributed by atoms with Crippen LogP contribution in [0.1, 0.15) is 20.3 Å². The molecule has 1 heteroatoms. The molecule has 0 radical (unpaired) electrons. The third-order valence-electron chi connectivity index (χ3n) is 2.09. The van der Waals surface area contributed by atoms with Gasteiger partial charge >= 0.3 is 0 Å². The van der Waals surface area contributed by atoms with Crippen LogP contribution in [0, 0.1) is 6.57 Å². The molecule has 0 aliphatic heterocycles. The SMILES string of the molecule is [C-]#[N+]C1(C)CC=CC=C1C. The predicted octanol–water partition coefficient (Wildman–Crippen LogP) is 2.57. The Bertz CT molecular complexity index is 230. The molecule has 1 nitrogen and oxygen atoms in total. The fourth-order valence-corrected chi connectivity index (χ4v) is 0.984. The summed E-state index contributed by atoms with van der Waals surface area (Å²) in [5.74, 6) is 0. The summed E-state index contributed by atoms with van der Waals surface area (Å²) in [5.41, 5.74) is 0.916. The minimum atomic E-state index is -0.255. The molecule has 1 rings (SSSR count). The molecule has 0 N–H and O–H groups in total. The van der Waals surface area contributed by atoms with Crippen molar-refractivity contribution < 1.29 is 0 Å². The highest BCUT2D eigenvalue weighted by atomic mass is 14.8. The Morgan fingerprint density at radius 1 is 1.70 bits per heavy atom. The maximum Gasteiger partial charge on any atom is 0.254 e. The van der Waals surface area contributed by atoms with Gasteiger partial charge in [-0.15, -0.1) is 0 Å². The monoisotopic (exact) mass is 133 g/mol. The number of rotatable bonds is 0. The van der Waals surface area contributed by atoms with Gasteiger partial charge in [-0.3, -0.25) is 0 Å². The molecular formula is C9H11N. The molecule has 0 bridgehead atoms. The van der Waals surface area contributed by atoms with Crippen molar-refractivity contribution >= 4 is 0 Å². The van der Waals surface area contributed by atoms with E-state index in [-0.39, 0.29) is 5.54 Å². The number of allylic oxidation sites excluding steroid dienone is 2. The van der Waals surface area contributed by atoms with Crippen LogP contribution in [-0.2, 0) is 0 Å². The van der Waals surface area contributed by atoms with Crippen LogP contribution < -0.4 is 0 Å². The van der Waals surface area contributed by atoms with E-state index in [9.17, 15) is 0 Å². The van der Waals surface area contributed by atoms with E-state index in [4.69, 9.17) is 6.57 Å². The third-order valence-corrected chi connectivity index (χ3v) is 2.09. The van der Waals surface area contributed by atoms with E-state index >= 15 is 0 Å². The molecule has 1 unspecified atom stereocenters. The lowest BCUT2D eigenvalue weighted by molar-refractivity contribution is 0.647. The molecule has 52 valence electrons. The fraction of sp³-hybridized carbons (Fsp3) is 0.444. The molecule has 0 saturated heterocycles. The molecule has 0 aromatic heterocycles. The van der Waals surface area contributed by atoms with Crippen molar-refractivity contribution in [1.29, 1.82) is 0 Å². The second kappa shape index (κ2) is 2.30. The van der Waals surface area contributed by atoms with Crippen molar-refractivity contribution in [2.45, 2.75) is 25.8 Å². The van der Waals surface area contributed by atoms with Gasteiger partial charge < -0.3 is 4.85 Å². The largest absolute Gasteiger partial charge is 0.306 e. The lowest BCUT2D eigenvalue weighted by Gasteiger charge is -2.17. The lowest BCUT2D eigenvalue weighted by atomic mass is 9.87. The quantitative estimate of drug-likeness (QED) is 0.447. The molecule has 0 spiro atoms. The van der Waals surface area contributed by atoms with Gasteiger partial charge in [-0.1, -0.05) is 18.2 Å². The summed E-state index contributed by atoms with van der Waals surface area (Å²) in [7, 11) is 0. The molecule has 0 heterocycles. The van der Waals surface area contributed by atoms with E-state index in [0.717, 1.165) is 6.42 Å². The standard InChI is InChI=1S/C9H11N/c1-8-6-4-5-7-9(8,2)10-3/h4-6H,7H2,1-2H3. The van der Waals surface area contributed by atoms with Gasteiger partial charge in [-0.2, -0.15) is 0 Å². The molecule has 0 saturated carbocycles. The summed E-state index contributed by atoms with van der Waals surface area (Å²) in [6.07, 6.45) is 6.94. The minimum Gasteiger partial charge on any atom is -0.306 e. The molecule has 1 aliphatic rings. The highest BCUT2D eigenvalue weighted by Crippen LogP contribution is 2.28. The number of nitrogens with zero attached hydrogens (tertiary/aromatic N) is 1. The molecule has 0 aromatic rings. The van der Waals surface area contributed by atoms with Gasteiger partial charge in [0.25, 0.3) is 5.54 Å². The maximum absolute atomic E-state index is 6.97. The Balaban J connectivity index is 2.95. The Morgan fingerprint density at radius 2 is 2.40 bits per heavy atom. The predicted molar refractivity (Wildman–Crippen MR) is 42.5 cm³/mol. The fourth-order valence-electron chi connectivity index (χ4n) is 0.984. The summed E-state index contributed by atoms with van der Waals surface area (Å²) in [6, 6.07) is 0. The van der Waals surface area contributed by atoms with Gasteiger partial charge in [0, 0.05) is 18.9 Å². The van der Waals surface area contributed by atoms with Crippen LogP contribution in [0.2, 0.25) is 0 Å². The summed E-state index contributed by atoms with van der Waals surface area (Å²) in [6.45, 7) is 11.0. The van der Waals surface area contributed by atoms with E-state index in [2.05, 4.69) is 4.85 Å². The first-order valence-electron chi connectivity index (χ1n) is 3.41. The first-order chi connectivity index (χ1) is 4.69. The Hall–Kier alpha value is -1.03. The summed E-state index contributed by atoms with van der Waals surface area (Å²) in [5, 5.41) is 0. The van der Waals surface area contributed by atoms with Crippen LogP contribution in [-0.4, -0.2) is 5.54 Å². The van der Waals surface area contributed by atoms with E-state index in [1.54, 1.807) is 0 Å². The normalized spacial score (nSPS) is 31.1. The van der Waals surface area contributed by atoms with Crippen molar-refractivity contribution in [3.8, 4) is 0 Å². The summed E-state index contributed by atoms with van der Waals surface area (Å²) < 4.78 is 0. The van der Waals surface area contributed by atoms with E-state index in [0.29, 0.717) is 0 Å². The van der Waals surface area contributed by atoms with Gasteiger partial charge in [0.2, 0.25) is 0 Å². The van der Waals surface area contributed by atoms with Gasteiger partial charge in [0.1, 0.15) is 0 Å². The molecule has 1 aliphatic carbocycles. The number of hydrogen-bond donors (Lipinski definition) is 0. The lowest BCUT2D eigenvalue weighted by Crippen LogP contribution is -2.21. The van der Waals surface area contributed by atoms with Crippen molar-refractivity contribution in [2.24, 2.45) is 0 Å². The molecule has 0 amide bonds. The molecule has 1 atom stereocenters. The average Bonchev–Trinajstić information content (AvgIpc) is 1.96. The van der Waals surface area contributed by atoms with Crippen LogP contribution in [0.15, 0.2) is 23.8 Å². The third kappa shape index (κ3) is 0.974. The smallest absolute Gasteiger partial charge is 0.254 e. The van der Waals surface area contributed by atoms with Crippen LogP contribution in [0.5, 0.6) is 0 Å². The zero-order chi connectivity index (χ0) is 7.61. The first-order valence-corrected chi connectivity index (χ1v) is 3.41. The summed E-state index contributed by atoms with van der Waals surface area (Å²) >= 11 is 0. The zero-order valence-electron chi connectivity index (χ0n) is 6.39.